The minimum atomic E-state index is -3.41. The lowest BCUT2D eigenvalue weighted by atomic mass is 9.72. The lowest BCUT2D eigenvalue weighted by Gasteiger charge is -2.35. The third-order valence-corrected chi connectivity index (χ3v) is 6.47. The third-order valence-electron chi connectivity index (χ3n) is 4.34. The van der Waals surface area contributed by atoms with E-state index in [-0.39, 0.29) is 10.7 Å². The molecular formula is C12H24O3S. The second kappa shape index (κ2) is 3.98. The van der Waals surface area contributed by atoms with Crippen molar-refractivity contribution in [1.29, 1.82) is 0 Å². The van der Waals surface area contributed by atoms with Crippen LogP contribution in [0, 0.1) is 11.3 Å². The van der Waals surface area contributed by atoms with Crippen LogP contribution in [0.3, 0.4) is 0 Å². The normalized spacial score (nSPS) is 32.5. The SMILES string of the molecule is CCC(C)CC1C(C)(C)C(C)(C)OS1(=O)=O. The molecule has 0 aromatic rings. The fourth-order valence-electron chi connectivity index (χ4n) is 2.15. The molecular weight excluding hydrogens is 224 g/mol. The molecule has 1 fully saturated rings. The highest BCUT2D eigenvalue weighted by atomic mass is 32.2. The van der Waals surface area contributed by atoms with Crippen LogP contribution in [0.25, 0.3) is 0 Å². The number of hydrogen-bond acceptors (Lipinski definition) is 3. The summed E-state index contributed by atoms with van der Waals surface area (Å²) in [5, 5.41) is -0.384. The zero-order valence-corrected chi connectivity index (χ0v) is 12.0. The van der Waals surface area contributed by atoms with Crippen LogP contribution in [-0.2, 0) is 14.3 Å². The van der Waals surface area contributed by atoms with Crippen molar-refractivity contribution in [3.63, 3.8) is 0 Å². The molecule has 3 nitrogen and oxygen atoms in total. The molecule has 4 heteroatoms. The second-order valence-electron chi connectivity index (χ2n) is 6.05. The predicted octanol–water partition coefficient (Wildman–Crippen LogP) is 2.96. The molecule has 2 atom stereocenters. The number of rotatable bonds is 3. The Morgan fingerprint density at radius 1 is 1.25 bits per heavy atom. The smallest absolute Gasteiger partial charge is 0.263 e. The Kier molecular flexibility index (Phi) is 3.48. The summed E-state index contributed by atoms with van der Waals surface area (Å²) in [5.74, 6) is 0.413. The molecule has 0 radical (unpaired) electrons. The fraction of sp³-hybridized carbons (Fsp3) is 1.00. The first-order valence-corrected chi connectivity index (χ1v) is 7.46. The van der Waals surface area contributed by atoms with Crippen LogP contribution in [-0.4, -0.2) is 19.3 Å². The van der Waals surface area contributed by atoms with E-state index in [0.717, 1.165) is 6.42 Å². The largest absolute Gasteiger partial charge is 0.271 e. The molecule has 0 aromatic carbocycles. The summed E-state index contributed by atoms with van der Waals surface area (Å²) < 4.78 is 29.3. The Morgan fingerprint density at radius 2 is 1.75 bits per heavy atom. The van der Waals surface area contributed by atoms with E-state index in [0.29, 0.717) is 12.3 Å². The fourth-order valence-corrected chi connectivity index (χ4v) is 4.63. The first kappa shape index (κ1) is 14.0. The van der Waals surface area contributed by atoms with Gasteiger partial charge in [-0.3, -0.25) is 4.18 Å². The van der Waals surface area contributed by atoms with Crippen molar-refractivity contribution < 1.29 is 12.6 Å². The van der Waals surface area contributed by atoms with Crippen molar-refractivity contribution in [2.75, 3.05) is 0 Å². The zero-order valence-electron chi connectivity index (χ0n) is 11.2. The van der Waals surface area contributed by atoms with E-state index in [1.807, 2.05) is 27.7 Å². The molecule has 16 heavy (non-hydrogen) atoms. The van der Waals surface area contributed by atoms with E-state index >= 15 is 0 Å². The molecule has 1 saturated heterocycles. The molecule has 0 bridgehead atoms. The molecule has 0 spiro atoms. The van der Waals surface area contributed by atoms with Crippen LogP contribution in [0.15, 0.2) is 0 Å². The van der Waals surface area contributed by atoms with E-state index in [1.54, 1.807) is 0 Å². The Labute approximate surface area is 99.7 Å². The standard InChI is InChI=1S/C12H24O3S/c1-7-9(2)8-10-11(3,4)12(5,6)15-16(10,13)14/h9-10H,7-8H2,1-6H3. The molecule has 1 rings (SSSR count). The van der Waals surface area contributed by atoms with Crippen molar-refractivity contribution in [2.24, 2.45) is 11.3 Å². The highest BCUT2D eigenvalue weighted by Crippen LogP contribution is 2.50. The summed E-state index contributed by atoms with van der Waals surface area (Å²) in [6.07, 6.45) is 1.69. The molecule has 1 heterocycles. The minimum Gasteiger partial charge on any atom is -0.263 e. The van der Waals surface area contributed by atoms with Gasteiger partial charge in [0.25, 0.3) is 10.1 Å². The first-order valence-electron chi connectivity index (χ1n) is 5.99. The van der Waals surface area contributed by atoms with Gasteiger partial charge in [0.1, 0.15) is 0 Å². The van der Waals surface area contributed by atoms with Crippen molar-refractivity contribution in [3.05, 3.63) is 0 Å². The topological polar surface area (TPSA) is 43.4 Å². The van der Waals surface area contributed by atoms with Gasteiger partial charge in [-0.15, -0.1) is 0 Å². The average Bonchev–Trinajstić information content (AvgIpc) is 2.21. The quantitative estimate of drug-likeness (QED) is 0.721. The summed E-state index contributed by atoms with van der Waals surface area (Å²) in [7, 11) is -3.41. The number of hydrogen-bond donors (Lipinski definition) is 0. The molecule has 96 valence electrons. The van der Waals surface area contributed by atoms with Gasteiger partial charge < -0.3 is 0 Å². The molecule has 0 N–H and O–H groups in total. The molecule has 0 aliphatic carbocycles. The van der Waals surface area contributed by atoms with Gasteiger partial charge in [-0.25, -0.2) is 0 Å². The van der Waals surface area contributed by atoms with Gasteiger partial charge in [0.15, 0.2) is 0 Å². The Bertz CT molecular complexity index is 354. The highest BCUT2D eigenvalue weighted by Gasteiger charge is 2.58. The third kappa shape index (κ3) is 2.14. The monoisotopic (exact) mass is 248 g/mol. The van der Waals surface area contributed by atoms with Gasteiger partial charge in [-0.2, -0.15) is 8.42 Å². The Balaban J connectivity index is 3.06. The van der Waals surface area contributed by atoms with Crippen molar-refractivity contribution in [2.45, 2.75) is 65.2 Å². The molecule has 0 amide bonds. The van der Waals surface area contributed by atoms with Crippen LogP contribution >= 0.6 is 0 Å². The van der Waals surface area contributed by atoms with Crippen molar-refractivity contribution in [3.8, 4) is 0 Å². The van der Waals surface area contributed by atoms with Crippen LogP contribution in [0.1, 0.15) is 54.4 Å². The first-order chi connectivity index (χ1) is 7.04. The van der Waals surface area contributed by atoms with Gasteiger partial charge in [-0.05, 0) is 26.2 Å². The van der Waals surface area contributed by atoms with Crippen molar-refractivity contribution >= 4 is 10.1 Å². The Hall–Kier alpha value is -0.0900. The maximum Gasteiger partial charge on any atom is 0.271 e. The van der Waals surface area contributed by atoms with Gasteiger partial charge >= 0.3 is 0 Å². The summed E-state index contributed by atoms with van der Waals surface area (Å²) in [5.41, 5.74) is -0.945. The van der Waals surface area contributed by atoms with Gasteiger partial charge in [0.05, 0.1) is 10.9 Å². The van der Waals surface area contributed by atoms with Gasteiger partial charge in [0, 0.05) is 5.41 Å². The van der Waals surface area contributed by atoms with Crippen LogP contribution < -0.4 is 0 Å². The maximum absolute atomic E-state index is 12.0. The lowest BCUT2D eigenvalue weighted by Crippen LogP contribution is -2.41. The van der Waals surface area contributed by atoms with E-state index in [1.165, 1.54) is 0 Å². The summed E-state index contributed by atoms with van der Waals surface area (Å²) in [4.78, 5) is 0. The summed E-state index contributed by atoms with van der Waals surface area (Å²) >= 11 is 0. The van der Waals surface area contributed by atoms with Crippen LogP contribution in [0.2, 0.25) is 0 Å². The zero-order chi connectivity index (χ0) is 12.8. The van der Waals surface area contributed by atoms with E-state index < -0.39 is 15.7 Å². The average molecular weight is 248 g/mol. The van der Waals surface area contributed by atoms with Crippen molar-refractivity contribution in [1.82, 2.24) is 0 Å². The molecule has 0 aromatic heterocycles. The van der Waals surface area contributed by atoms with Crippen LogP contribution in [0.4, 0.5) is 0 Å². The highest BCUT2D eigenvalue weighted by molar-refractivity contribution is 7.87. The minimum absolute atomic E-state index is 0.338. The maximum atomic E-state index is 12.0. The van der Waals surface area contributed by atoms with Gasteiger partial charge in [-0.1, -0.05) is 34.1 Å². The van der Waals surface area contributed by atoms with Gasteiger partial charge in [0.2, 0.25) is 0 Å². The molecule has 2 unspecified atom stereocenters. The van der Waals surface area contributed by atoms with E-state index in [9.17, 15) is 8.42 Å². The van der Waals surface area contributed by atoms with E-state index in [2.05, 4.69) is 13.8 Å². The second-order valence-corrected chi connectivity index (χ2v) is 7.77. The van der Waals surface area contributed by atoms with E-state index in [4.69, 9.17) is 4.18 Å². The molecule has 1 aliphatic heterocycles. The Morgan fingerprint density at radius 3 is 2.06 bits per heavy atom. The summed E-state index contributed by atoms with van der Waals surface area (Å²) in [6.45, 7) is 11.9. The predicted molar refractivity (Wildman–Crippen MR) is 65.7 cm³/mol. The molecule has 1 aliphatic rings. The summed E-state index contributed by atoms with van der Waals surface area (Å²) in [6, 6.07) is 0. The molecule has 0 saturated carbocycles. The van der Waals surface area contributed by atoms with Crippen LogP contribution in [0.5, 0.6) is 0 Å². The lowest BCUT2D eigenvalue weighted by molar-refractivity contribution is 0.0295.